The fourth-order valence-electron chi connectivity index (χ4n) is 1.54. The molecule has 0 aromatic heterocycles. The molecule has 0 saturated heterocycles. The average Bonchev–Trinajstić information content (AvgIpc) is 2.45. The molecule has 19 heavy (non-hydrogen) atoms. The van der Waals surface area contributed by atoms with Crippen molar-refractivity contribution in [1.29, 1.82) is 5.26 Å². The van der Waals surface area contributed by atoms with Crippen LogP contribution in [0.4, 0.5) is 0 Å². The van der Waals surface area contributed by atoms with E-state index in [1.807, 2.05) is 36.4 Å². The lowest BCUT2D eigenvalue weighted by atomic mass is 10.1. The summed E-state index contributed by atoms with van der Waals surface area (Å²) >= 11 is 3.24. The van der Waals surface area contributed by atoms with Crippen LogP contribution in [0.5, 0.6) is 0 Å². The van der Waals surface area contributed by atoms with E-state index in [4.69, 9.17) is 10.00 Å². The largest absolute Gasteiger partial charge is 0.457 e. The Morgan fingerprint density at radius 2 is 1.95 bits per heavy atom. The first-order valence-corrected chi connectivity index (χ1v) is 6.40. The third-order valence-corrected chi connectivity index (χ3v) is 3.19. The van der Waals surface area contributed by atoms with Crippen molar-refractivity contribution < 1.29 is 9.53 Å². The van der Waals surface area contributed by atoms with E-state index < -0.39 is 5.97 Å². The number of hydrogen-bond donors (Lipinski definition) is 0. The highest BCUT2D eigenvalue weighted by atomic mass is 79.9. The summed E-state index contributed by atoms with van der Waals surface area (Å²) in [5.41, 5.74) is 1.84. The lowest BCUT2D eigenvalue weighted by Crippen LogP contribution is -2.05. The molecule has 3 nitrogen and oxygen atoms in total. The second-order valence-corrected chi connectivity index (χ2v) is 4.72. The van der Waals surface area contributed by atoms with Gasteiger partial charge in [0.2, 0.25) is 0 Å². The predicted octanol–water partition coefficient (Wildman–Crippen LogP) is 3.68. The maximum atomic E-state index is 11.8. The van der Waals surface area contributed by atoms with Crippen molar-refractivity contribution in [1.82, 2.24) is 0 Å². The van der Waals surface area contributed by atoms with Gasteiger partial charge in [-0.3, -0.25) is 0 Å². The number of benzene rings is 2. The minimum Gasteiger partial charge on any atom is -0.457 e. The van der Waals surface area contributed by atoms with E-state index in [0.29, 0.717) is 15.6 Å². The van der Waals surface area contributed by atoms with Gasteiger partial charge < -0.3 is 4.74 Å². The highest BCUT2D eigenvalue weighted by molar-refractivity contribution is 9.10. The molecular formula is C15H10BrNO2. The molecule has 0 N–H and O–H groups in total. The zero-order chi connectivity index (χ0) is 13.7. The summed E-state index contributed by atoms with van der Waals surface area (Å²) in [4.78, 5) is 11.8. The van der Waals surface area contributed by atoms with Gasteiger partial charge in [-0.2, -0.15) is 5.26 Å². The molecule has 0 unspecified atom stereocenters. The zero-order valence-electron chi connectivity index (χ0n) is 9.97. The van der Waals surface area contributed by atoms with Gasteiger partial charge in [-0.05, 0) is 39.7 Å². The number of rotatable bonds is 3. The number of carbonyl (C=O) groups excluding carboxylic acids is 1. The Morgan fingerprint density at radius 1 is 1.21 bits per heavy atom. The molecule has 0 aliphatic heterocycles. The fourth-order valence-corrected chi connectivity index (χ4v) is 2.01. The summed E-state index contributed by atoms with van der Waals surface area (Å²) in [6, 6.07) is 16.2. The lowest BCUT2D eigenvalue weighted by Gasteiger charge is -2.05. The molecule has 0 aliphatic carbocycles. The van der Waals surface area contributed by atoms with E-state index in [9.17, 15) is 4.79 Å². The number of halogens is 1. The molecule has 0 spiro atoms. The summed E-state index contributed by atoms with van der Waals surface area (Å²) in [6.07, 6.45) is 0. The van der Waals surface area contributed by atoms with E-state index in [-0.39, 0.29) is 6.61 Å². The Labute approximate surface area is 119 Å². The molecule has 2 rings (SSSR count). The van der Waals surface area contributed by atoms with Crippen molar-refractivity contribution in [3.63, 3.8) is 0 Å². The molecule has 0 bridgehead atoms. The summed E-state index contributed by atoms with van der Waals surface area (Å²) in [7, 11) is 0. The van der Waals surface area contributed by atoms with E-state index >= 15 is 0 Å². The van der Waals surface area contributed by atoms with E-state index in [2.05, 4.69) is 15.9 Å². The van der Waals surface area contributed by atoms with Crippen molar-refractivity contribution >= 4 is 21.9 Å². The van der Waals surface area contributed by atoms with Crippen LogP contribution in [0.3, 0.4) is 0 Å². The highest BCUT2D eigenvalue weighted by Crippen LogP contribution is 2.18. The quantitative estimate of drug-likeness (QED) is 0.812. The summed E-state index contributed by atoms with van der Waals surface area (Å²) in [5, 5.41) is 8.80. The van der Waals surface area contributed by atoms with Crippen LogP contribution in [0, 0.1) is 11.3 Å². The highest BCUT2D eigenvalue weighted by Gasteiger charge is 2.09. The predicted molar refractivity (Wildman–Crippen MR) is 74.4 cm³/mol. The van der Waals surface area contributed by atoms with Crippen molar-refractivity contribution in [2.75, 3.05) is 0 Å². The maximum absolute atomic E-state index is 11.8. The minimum absolute atomic E-state index is 0.233. The van der Waals surface area contributed by atoms with Crippen molar-refractivity contribution in [3.05, 3.63) is 69.7 Å². The molecule has 0 heterocycles. The molecule has 0 amide bonds. The van der Waals surface area contributed by atoms with Gasteiger partial charge in [0.05, 0.1) is 11.1 Å². The molecular weight excluding hydrogens is 306 g/mol. The van der Waals surface area contributed by atoms with Crippen molar-refractivity contribution in [2.45, 2.75) is 6.61 Å². The van der Waals surface area contributed by atoms with Crippen LogP contribution < -0.4 is 0 Å². The van der Waals surface area contributed by atoms with Crippen LogP contribution in [0.25, 0.3) is 0 Å². The first-order chi connectivity index (χ1) is 9.20. The minimum atomic E-state index is -0.408. The Hall–Kier alpha value is -2.12. The number of nitriles is 1. The smallest absolute Gasteiger partial charge is 0.338 e. The third-order valence-electron chi connectivity index (χ3n) is 2.54. The first-order valence-electron chi connectivity index (χ1n) is 5.61. The normalized spacial score (nSPS) is 9.68. The molecule has 2 aromatic carbocycles. The SMILES string of the molecule is N#Cc1ccc(C(=O)OCc2ccccc2)cc1Br. The van der Waals surface area contributed by atoms with Crippen LogP contribution in [-0.4, -0.2) is 5.97 Å². The van der Waals surface area contributed by atoms with Gasteiger partial charge in [0.15, 0.2) is 0 Å². The van der Waals surface area contributed by atoms with Crippen LogP contribution in [0.2, 0.25) is 0 Å². The zero-order valence-corrected chi connectivity index (χ0v) is 11.6. The monoisotopic (exact) mass is 315 g/mol. The molecule has 94 valence electrons. The summed E-state index contributed by atoms with van der Waals surface area (Å²) in [5.74, 6) is -0.408. The van der Waals surface area contributed by atoms with Gasteiger partial charge in [0.25, 0.3) is 0 Å². The molecule has 0 fully saturated rings. The second kappa shape index (κ2) is 6.17. The van der Waals surface area contributed by atoms with Gasteiger partial charge in [0.1, 0.15) is 12.7 Å². The number of carbonyl (C=O) groups is 1. The Morgan fingerprint density at radius 3 is 2.58 bits per heavy atom. The van der Waals surface area contributed by atoms with Gasteiger partial charge in [-0.15, -0.1) is 0 Å². The second-order valence-electron chi connectivity index (χ2n) is 3.87. The maximum Gasteiger partial charge on any atom is 0.338 e. The van der Waals surface area contributed by atoms with E-state index in [1.54, 1.807) is 18.2 Å². The molecule has 0 radical (unpaired) electrons. The van der Waals surface area contributed by atoms with Gasteiger partial charge >= 0.3 is 5.97 Å². The molecule has 0 aliphatic rings. The summed E-state index contributed by atoms with van der Waals surface area (Å²) in [6.45, 7) is 0.233. The Bertz CT molecular complexity index is 632. The van der Waals surface area contributed by atoms with Gasteiger partial charge in [-0.1, -0.05) is 30.3 Å². The van der Waals surface area contributed by atoms with Crippen molar-refractivity contribution in [2.24, 2.45) is 0 Å². The number of hydrogen-bond acceptors (Lipinski definition) is 3. The fraction of sp³-hybridized carbons (Fsp3) is 0.0667. The molecule has 4 heteroatoms. The van der Waals surface area contributed by atoms with E-state index in [0.717, 1.165) is 5.56 Å². The average molecular weight is 316 g/mol. The first kappa shape index (κ1) is 13.3. The Kier molecular flexibility index (Phi) is 4.32. The van der Waals surface area contributed by atoms with Crippen molar-refractivity contribution in [3.8, 4) is 6.07 Å². The Balaban J connectivity index is 2.05. The van der Waals surface area contributed by atoms with Crippen LogP contribution in [-0.2, 0) is 11.3 Å². The number of esters is 1. The number of ether oxygens (including phenoxy) is 1. The topological polar surface area (TPSA) is 50.1 Å². The van der Waals surface area contributed by atoms with Crippen LogP contribution in [0.15, 0.2) is 53.0 Å². The van der Waals surface area contributed by atoms with E-state index in [1.165, 1.54) is 0 Å². The molecule has 0 saturated carbocycles. The molecule has 0 atom stereocenters. The number of nitrogens with zero attached hydrogens (tertiary/aromatic N) is 1. The molecule has 2 aromatic rings. The van der Waals surface area contributed by atoms with Gasteiger partial charge in [-0.25, -0.2) is 4.79 Å². The summed E-state index contributed by atoms with van der Waals surface area (Å²) < 4.78 is 5.79. The lowest BCUT2D eigenvalue weighted by molar-refractivity contribution is 0.0472. The van der Waals surface area contributed by atoms with Crippen LogP contribution >= 0.6 is 15.9 Å². The third kappa shape index (κ3) is 3.43. The van der Waals surface area contributed by atoms with Crippen LogP contribution in [0.1, 0.15) is 21.5 Å². The standard InChI is InChI=1S/C15H10BrNO2/c16-14-8-12(6-7-13(14)9-17)15(18)19-10-11-4-2-1-3-5-11/h1-8H,10H2. The van der Waals surface area contributed by atoms with Gasteiger partial charge in [0, 0.05) is 4.47 Å².